The zero-order chi connectivity index (χ0) is 23.8. The summed E-state index contributed by atoms with van der Waals surface area (Å²) < 4.78 is 1.52. The molecule has 0 aliphatic heterocycles. The molecule has 0 saturated carbocycles. The molecule has 9 heteroatoms. The minimum absolute atomic E-state index is 0.0628. The van der Waals surface area contributed by atoms with Crippen molar-refractivity contribution in [1.82, 2.24) is 20.4 Å². The fraction of sp³-hybridized carbons (Fsp3) is 0.208. The first-order valence-corrected chi connectivity index (χ1v) is 10.4. The van der Waals surface area contributed by atoms with Gasteiger partial charge in [-0.15, -0.1) is 0 Å². The highest BCUT2D eigenvalue weighted by Gasteiger charge is 2.29. The van der Waals surface area contributed by atoms with E-state index in [1.165, 1.54) is 4.68 Å². The van der Waals surface area contributed by atoms with Crippen LogP contribution in [0.3, 0.4) is 0 Å². The molecule has 1 aromatic heterocycles. The van der Waals surface area contributed by atoms with E-state index in [1.807, 2.05) is 36.4 Å². The first kappa shape index (κ1) is 23.4. The monoisotopic (exact) mass is 447 g/mol. The lowest BCUT2D eigenvalue weighted by molar-refractivity contribution is -0.139. The third kappa shape index (κ3) is 6.36. The highest BCUT2D eigenvalue weighted by Crippen LogP contribution is 2.21. The van der Waals surface area contributed by atoms with Crippen LogP contribution in [0.15, 0.2) is 66.9 Å². The van der Waals surface area contributed by atoms with Gasteiger partial charge in [0, 0.05) is 38.2 Å². The van der Waals surface area contributed by atoms with E-state index in [1.54, 1.807) is 37.5 Å². The Morgan fingerprint density at radius 1 is 1.00 bits per heavy atom. The third-order valence-corrected chi connectivity index (χ3v) is 4.91. The van der Waals surface area contributed by atoms with Gasteiger partial charge in [0.05, 0.1) is 5.56 Å². The molecule has 9 nitrogen and oxygen atoms in total. The normalized spacial score (nSPS) is 11.4. The van der Waals surface area contributed by atoms with Crippen LogP contribution >= 0.6 is 0 Å². The van der Waals surface area contributed by atoms with Gasteiger partial charge in [0.15, 0.2) is 0 Å². The number of hydrogen-bond acceptors (Lipinski definition) is 5. The zero-order valence-corrected chi connectivity index (χ0v) is 18.2. The SMILES string of the molecule is Cn1cc(C(=O)N[C@@H](Cc2ccccc2)C(=O)C(=O)NCCC(N)=O)c(-c2ccccc2)n1. The summed E-state index contributed by atoms with van der Waals surface area (Å²) in [5.74, 6) is -2.84. The van der Waals surface area contributed by atoms with Crippen molar-refractivity contribution in [2.24, 2.45) is 12.8 Å². The Hall–Kier alpha value is -4.27. The molecular weight excluding hydrogens is 422 g/mol. The van der Waals surface area contributed by atoms with E-state index in [-0.39, 0.29) is 24.9 Å². The lowest BCUT2D eigenvalue weighted by Gasteiger charge is -2.17. The van der Waals surface area contributed by atoms with Crippen LogP contribution in [0, 0.1) is 0 Å². The molecule has 0 unspecified atom stereocenters. The van der Waals surface area contributed by atoms with Gasteiger partial charge in [0.25, 0.3) is 11.8 Å². The minimum atomic E-state index is -1.11. The van der Waals surface area contributed by atoms with E-state index in [2.05, 4.69) is 15.7 Å². The predicted molar refractivity (Wildman–Crippen MR) is 122 cm³/mol. The van der Waals surface area contributed by atoms with Crippen LogP contribution < -0.4 is 16.4 Å². The number of nitrogens with zero attached hydrogens (tertiary/aromatic N) is 2. The second-order valence-electron chi connectivity index (χ2n) is 7.48. The number of carbonyl (C=O) groups is 4. The fourth-order valence-electron chi connectivity index (χ4n) is 3.30. The zero-order valence-electron chi connectivity index (χ0n) is 18.2. The van der Waals surface area contributed by atoms with Crippen molar-refractivity contribution >= 4 is 23.5 Å². The van der Waals surface area contributed by atoms with Gasteiger partial charge in [-0.1, -0.05) is 60.7 Å². The third-order valence-electron chi connectivity index (χ3n) is 4.91. The number of nitrogens with one attached hydrogen (secondary N) is 2. The van der Waals surface area contributed by atoms with Gasteiger partial charge in [0.1, 0.15) is 11.7 Å². The van der Waals surface area contributed by atoms with Gasteiger partial charge >= 0.3 is 0 Å². The van der Waals surface area contributed by atoms with E-state index in [9.17, 15) is 19.2 Å². The van der Waals surface area contributed by atoms with Gasteiger partial charge < -0.3 is 16.4 Å². The Kier molecular flexibility index (Phi) is 7.69. The number of aromatic nitrogens is 2. The Balaban J connectivity index is 1.83. The Morgan fingerprint density at radius 3 is 2.27 bits per heavy atom. The van der Waals surface area contributed by atoms with Crippen LogP contribution in [0.1, 0.15) is 22.3 Å². The number of rotatable bonds is 10. The summed E-state index contributed by atoms with van der Waals surface area (Å²) in [5.41, 5.74) is 7.34. The molecule has 1 atom stereocenters. The summed E-state index contributed by atoms with van der Waals surface area (Å²) in [6.07, 6.45) is 1.59. The summed E-state index contributed by atoms with van der Waals surface area (Å²) in [7, 11) is 1.70. The molecule has 0 bridgehead atoms. The number of amides is 3. The number of Topliss-reactive ketones (excluding diaryl/α,β-unsaturated/α-hetero) is 1. The number of primary amides is 1. The molecule has 0 aliphatic carbocycles. The van der Waals surface area contributed by atoms with E-state index in [0.717, 1.165) is 11.1 Å². The van der Waals surface area contributed by atoms with Crippen molar-refractivity contribution in [2.45, 2.75) is 18.9 Å². The Bertz CT molecular complexity index is 1140. The highest BCUT2D eigenvalue weighted by atomic mass is 16.2. The smallest absolute Gasteiger partial charge is 0.289 e. The van der Waals surface area contributed by atoms with Crippen LogP contribution in [0.2, 0.25) is 0 Å². The van der Waals surface area contributed by atoms with Crippen LogP contribution in [-0.4, -0.2) is 45.9 Å². The minimum Gasteiger partial charge on any atom is -0.370 e. The molecular formula is C24H25N5O4. The maximum Gasteiger partial charge on any atom is 0.289 e. The van der Waals surface area contributed by atoms with Crippen LogP contribution in [0.25, 0.3) is 11.3 Å². The van der Waals surface area contributed by atoms with Gasteiger partial charge in [-0.25, -0.2) is 0 Å². The molecule has 3 amide bonds. The summed E-state index contributed by atoms with van der Waals surface area (Å²) in [6, 6.07) is 17.1. The molecule has 170 valence electrons. The number of carbonyl (C=O) groups excluding carboxylic acids is 4. The summed E-state index contributed by atoms with van der Waals surface area (Å²) >= 11 is 0. The largest absolute Gasteiger partial charge is 0.370 e. The van der Waals surface area contributed by atoms with E-state index < -0.39 is 29.5 Å². The fourth-order valence-corrected chi connectivity index (χ4v) is 3.30. The predicted octanol–water partition coefficient (Wildman–Crippen LogP) is 0.989. The molecule has 4 N–H and O–H groups in total. The number of nitrogens with two attached hydrogens (primary N) is 1. The molecule has 33 heavy (non-hydrogen) atoms. The van der Waals surface area contributed by atoms with Crippen LogP contribution in [-0.2, 0) is 27.9 Å². The van der Waals surface area contributed by atoms with Crippen LogP contribution in [0.4, 0.5) is 0 Å². The number of aryl methyl sites for hydroxylation is 1. The quantitative estimate of drug-likeness (QED) is 0.398. The number of hydrogen-bond donors (Lipinski definition) is 3. The second kappa shape index (κ2) is 10.9. The Labute approximate surface area is 191 Å². The first-order valence-electron chi connectivity index (χ1n) is 10.4. The maximum absolute atomic E-state index is 13.2. The molecule has 0 radical (unpaired) electrons. The van der Waals surface area contributed by atoms with Gasteiger partial charge in [-0.3, -0.25) is 23.9 Å². The number of ketones is 1. The van der Waals surface area contributed by atoms with Crippen molar-refractivity contribution in [2.75, 3.05) is 6.54 Å². The average Bonchev–Trinajstić information content (AvgIpc) is 3.21. The highest BCUT2D eigenvalue weighted by molar-refractivity contribution is 6.38. The summed E-state index contributed by atoms with van der Waals surface area (Å²) in [6.45, 7) is -0.0628. The number of benzene rings is 2. The van der Waals surface area contributed by atoms with E-state index >= 15 is 0 Å². The van der Waals surface area contributed by atoms with Crippen LogP contribution in [0.5, 0.6) is 0 Å². The van der Waals surface area contributed by atoms with Crippen molar-refractivity contribution in [3.05, 3.63) is 78.0 Å². The standard InChI is InChI=1S/C24H25N5O4/c1-29-15-18(21(28-29)17-10-6-3-7-11-17)23(32)27-19(14-16-8-4-2-5-9-16)22(31)24(33)26-13-12-20(25)30/h2-11,15,19H,12-14H2,1H3,(H2,25,30)(H,26,33)(H,27,32)/t19-/m0/s1. The first-order chi connectivity index (χ1) is 15.8. The van der Waals surface area contributed by atoms with Crippen molar-refractivity contribution in [1.29, 1.82) is 0 Å². The lowest BCUT2D eigenvalue weighted by Crippen LogP contribution is -2.49. The molecule has 3 rings (SSSR count). The molecule has 0 aliphatic rings. The summed E-state index contributed by atoms with van der Waals surface area (Å²) in [4.78, 5) is 49.3. The molecule has 2 aromatic carbocycles. The maximum atomic E-state index is 13.2. The van der Waals surface area contributed by atoms with E-state index in [0.29, 0.717) is 5.69 Å². The van der Waals surface area contributed by atoms with Crippen molar-refractivity contribution in [3.63, 3.8) is 0 Å². The lowest BCUT2D eigenvalue weighted by atomic mass is 10.0. The Morgan fingerprint density at radius 2 is 1.64 bits per heavy atom. The van der Waals surface area contributed by atoms with Gasteiger partial charge in [0.2, 0.25) is 11.7 Å². The second-order valence-corrected chi connectivity index (χ2v) is 7.48. The van der Waals surface area contributed by atoms with Gasteiger partial charge in [-0.2, -0.15) is 5.10 Å². The molecule has 0 saturated heterocycles. The van der Waals surface area contributed by atoms with Crippen molar-refractivity contribution in [3.8, 4) is 11.3 Å². The topological polar surface area (TPSA) is 136 Å². The molecule has 0 spiro atoms. The molecule has 3 aromatic rings. The van der Waals surface area contributed by atoms with Crippen molar-refractivity contribution < 1.29 is 19.2 Å². The molecule has 1 heterocycles. The average molecular weight is 447 g/mol. The molecule has 0 fully saturated rings. The summed E-state index contributed by atoms with van der Waals surface area (Å²) in [5, 5.41) is 9.45. The van der Waals surface area contributed by atoms with Gasteiger partial charge in [-0.05, 0) is 5.56 Å². The van der Waals surface area contributed by atoms with E-state index in [4.69, 9.17) is 5.73 Å².